The number of nitrogens with zero attached hydrogens (tertiary/aromatic N) is 1. The molecule has 1 heteroatoms. The summed E-state index contributed by atoms with van der Waals surface area (Å²) >= 11 is 0. The Balaban J connectivity index is 1.16. The summed E-state index contributed by atoms with van der Waals surface area (Å²) in [6.07, 6.45) is 0. The second-order valence-corrected chi connectivity index (χ2v) is 15.3. The zero-order valence-corrected chi connectivity index (χ0v) is 31.7. The summed E-state index contributed by atoms with van der Waals surface area (Å²) in [7, 11) is 0. The summed E-state index contributed by atoms with van der Waals surface area (Å²) < 4.78 is 0. The van der Waals surface area contributed by atoms with Gasteiger partial charge in [0, 0.05) is 22.4 Å². The molecule has 9 aromatic carbocycles. The topological polar surface area (TPSA) is 3.24 Å². The van der Waals surface area contributed by atoms with E-state index in [-0.39, 0.29) is 5.41 Å². The first kappa shape index (κ1) is 33.6. The highest BCUT2D eigenvalue weighted by atomic mass is 15.1. The minimum absolute atomic E-state index is 0.0681. The van der Waals surface area contributed by atoms with Crippen LogP contribution in [0.1, 0.15) is 25.0 Å². The van der Waals surface area contributed by atoms with Gasteiger partial charge in [-0.2, -0.15) is 0 Å². The Morgan fingerprint density at radius 2 is 0.911 bits per heavy atom. The first-order chi connectivity index (χ1) is 27.5. The van der Waals surface area contributed by atoms with Gasteiger partial charge in [0.05, 0.1) is 5.69 Å². The molecule has 0 unspecified atom stereocenters. The number of anilines is 3. The third-order valence-electron chi connectivity index (χ3n) is 11.7. The molecule has 10 rings (SSSR count). The average Bonchev–Trinajstić information content (AvgIpc) is 3.50. The molecule has 266 valence electrons. The lowest BCUT2D eigenvalue weighted by molar-refractivity contribution is 0.660. The summed E-state index contributed by atoms with van der Waals surface area (Å²) in [6, 6.07) is 77.6. The van der Waals surface area contributed by atoms with Gasteiger partial charge in [-0.15, -0.1) is 0 Å². The van der Waals surface area contributed by atoms with E-state index in [1.54, 1.807) is 0 Å². The van der Waals surface area contributed by atoms with Crippen LogP contribution < -0.4 is 4.90 Å². The van der Waals surface area contributed by atoms with E-state index < -0.39 is 0 Å². The molecule has 0 radical (unpaired) electrons. The van der Waals surface area contributed by atoms with Crippen LogP contribution in [0.4, 0.5) is 17.1 Å². The van der Waals surface area contributed by atoms with Crippen molar-refractivity contribution in [1.29, 1.82) is 0 Å². The maximum atomic E-state index is 2.44. The molecule has 0 fully saturated rings. The molecule has 0 saturated heterocycles. The van der Waals surface area contributed by atoms with Crippen molar-refractivity contribution in [2.75, 3.05) is 4.90 Å². The minimum Gasteiger partial charge on any atom is -0.310 e. The van der Waals surface area contributed by atoms with E-state index in [4.69, 9.17) is 0 Å². The lowest BCUT2D eigenvalue weighted by atomic mass is 9.81. The maximum Gasteiger partial charge on any atom is 0.0540 e. The molecule has 1 aliphatic carbocycles. The van der Waals surface area contributed by atoms with E-state index in [2.05, 4.69) is 231 Å². The van der Waals surface area contributed by atoms with Crippen molar-refractivity contribution < 1.29 is 0 Å². The summed E-state index contributed by atoms with van der Waals surface area (Å²) in [5, 5.41) is 2.47. The maximum absolute atomic E-state index is 2.44. The van der Waals surface area contributed by atoms with Gasteiger partial charge in [-0.1, -0.05) is 190 Å². The van der Waals surface area contributed by atoms with Gasteiger partial charge in [0.15, 0.2) is 0 Å². The number of fused-ring (bicyclic) bond motifs is 4. The van der Waals surface area contributed by atoms with Crippen LogP contribution in [0, 0.1) is 0 Å². The van der Waals surface area contributed by atoms with Crippen LogP contribution in [0.5, 0.6) is 0 Å². The van der Waals surface area contributed by atoms with E-state index in [0.29, 0.717) is 0 Å². The Morgan fingerprint density at radius 1 is 0.339 bits per heavy atom. The SMILES string of the molecule is CC1(C)c2ccccc2-c2ccc(-c3cccc(N(c4ccc(-c5ccccc5)cc4)c4ccccc4-c4ccc5ccccc5c4-c4ccccc4)c3)cc21. The molecule has 0 aromatic heterocycles. The molecule has 0 amide bonds. The highest BCUT2D eigenvalue weighted by Crippen LogP contribution is 2.50. The molecule has 56 heavy (non-hydrogen) atoms. The van der Waals surface area contributed by atoms with Crippen molar-refractivity contribution in [2.45, 2.75) is 19.3 Å². The fraction of sp³-hybridized carbons (Fsp3) is 0.0545. The highest BCUT2D eigenvalue weighted by molar-refractivity contribution is 6.06. The predicted molar refractivity (Wildman–Crippen MR) is 238 cm³/mol. The average molecular weight is 716 g/mol. The van der Waals surface area contributed by atoms with E-state index in [1.165, 1.54) is 77.5 Å². The Labute approximate surface area is 329 Å². The van der Waals surface area contributed by atoms with E-state index in [9.17, 15) is 0 Å². The molecular formula is C55H41N. The molecule has 0 N–H and O–H groups in total. The summed E-state index contributed by atoms with van der Waals surface area (Å²) in [5.74, 6) is 0. The van der Waals surface area contributed by atoms with Crippen LogP contribution in [-0.4, -0.2) is 0 Å². The zero-order valence-electron chi connectivity index (χ0n) is 31.7. The van der Waals surface area contributed by atoms with E-state index in [0.717, 1.165) is 17.1 Å². The molecule has 0 heterocycles. The monoisotopic (exact) mass is 715 g/mol. The zero-order chi connectivity index (χ0) is 37.6. The molecule has 1 nitrogen and oxygen atoms in total. The van der Waals surface area contributed by atoms with Gasteiger partial charge in [0.2, 0.25) is 0 Å². The van der Waals surface area contributed by atoms with Gasteiger partial charge >= 0.3 is 0 Å². The van der Waals surface area contributed by atoms with E-state index in [1.807, 2.05) is 0 Å². The van der Waals surface area contributed by atoms with Crippen molar-refractivity contribution in [2.24, 2.45) is 0 Å². The number of rotatable bonds is 7. The van der Waals surface area contributed by atoms with Crippen LogP contribution in [0.25, 0.3) is 66.4 Å². The number of hydrogen-bond acceptors (Lipinski definition) is 1. The summed E-state index contributed by atoms with van der Waals surface area (Å²) in [5.41, 5.74) is 18.3. The second-order valence-electron chi connectivity index (χ2n) is 15.3. The fourth-order valence-electron chi connectivity index (χ4n) is 8.88. The van der Waals surface area contributed by atoms with Crippen LogP contribution >= 0.6 is 0 Å². The predicted octanol–water partition coefficient (Wildman–Crippen LogP) is 15.3. The number of para-hydroxylation sites is 1. The Hall–Kier alpha value is -6.96. The largest absolute Gasteiger partial charge is 0.310 e. The second kappa shape index (κ2) is 13.7. The normalized spacial score (nSPS) is 12.6. The van der Waals surface area contributed by atoms with Crippen molar-refractivity contribution in [3.05, 3.63) is 223 Å². The van der Waals surface area contributed by atoms with Gasteiger partial charge in [-0.25, -0.2) is 0 Å². The van der Waals surface area contributed by atoms with Crippen molar-refractivity contribution in [3.63, 3.8) is 0 Å². The molecule has 1 aliphatic rings. The van der Waals surface area contributed by atoms with Crippen LogP contribution in [0.3, 0.4) is 0 Å². The smallest absolute Gasteiger partial charge is 0.0540 e. The molecule has 0 aliphatic heterocycles. The Kier molecular flexibility index (Phi) is 8.23. The van der Waals surface area contributed by atoms with Crippen molar-refractivity contribution >= 4 is 27.8 Å². The molecular weight excluding hydrogens is 675 g/mol. The summed E-state index contributed by atoms with van der Waals surface area (Å²) in [6.45, 7) is 4.71. The van der Waals surface area contributed by atoms with Crippen LogP contribution in [-0.2, 0) is 5.41 Å². The van der Waals surface area contributed by atoms with Gasteiger partial charge in [-0.05, 0) is 108 Å². The standard InChI is InChI=1S/C55H41N/c1-55(2)51-26-13-11-24-47(51)48-34-31-43(37-52(48)55)42-21-15-22-45(36-42)56(44-32-28-39(29-33-44)38-16-5-3-6-17-38)53-27-14-12-25-49(53)50-35-30-40-18-9-10-23-46(40)54(50)41-19-7-4-8-20-41/h3-37H,1-2H3. The first-order valence-corrected chi connectivity index (χ1v) is 19.5. The van der Waals surface area contributed by atoms with Crippen molar-refractivity contribution in [1.82, 2.24) is 0 Å². The van der Waals surface area contributed by atoms with Gasteiger partial charge in [-0.3, -0.25) is 0 Å². The summed E-state index contributed by atoms with van der Waals surface area (Å²) in [4.78, 5) is 2.44. The lowest BCUT2D eigenvalue weighted by Crippen LogP contribution is -2.14. The van der Waals surface area contributed by atoms with Gasteiger partial charge in [0.25, 0.3) is 0 Å². The third kappa shape index (κ3) is 5.72. The first-order valence-electron chi connectivity index (χ1n) is 19.5. The molecule has 0 spiro atoms. The fourth-order valence-corrected chi connectivity index (χ4v) is 8.88. The van der Waals surface area contributed by atoms with Gasteiger partial charge < -0.3 is 4.90 Å². The molecule has 0 atom stereocenters. The van der Waals surface area contributed by atoms with Crippen LogP contribution in [0.15, 0.2) is 212 Å². The minimum atomic E-state index is -0.0681. The van der Waals surface area contributed by atoms with Crippen LogP contribution in [0.2, 0.25) is 0 Å². The Morgan fingerprint density at radius 3 is 1.71 bits per heavy atom. The quantitative estimate of drug-likeness (QED) is 0.159. The third-order valence-corrected chi connectivity index (χ3v) is 11.7. The molecule has 9 aromatic rings. The lowest BCUT2D eigenvalue weighted by Gasteiger charge is -2.29. The Bertz CT molecular complexity index is 2870. The number of hydrogen-bond donors (Lipinski definition) is 0. The van der Waals surface area contributed by atoms with Crippen molar-refractivity contribution in [3.8, 4) is 55.6 Å². The molecule has 0 saturated carbocycles. The van der Waals surface area contributed by atoms with Gasteiger partial charge in [0.1, 0.15) is 0 Å². The number of benzene rings is 9. The van der Waals surface area contributed by atoms with E-state index >= 15 is 0 Å². The molecule has 0 bridgehead atoms. The highest BCUT2D eigenvalue weighted by Gasteiger charge is 2.35.